The second-order valence-electron chi connectivity index (χ2n) is 6.63. The van der Waals surface area contributed by atoms with Gasteiger partial charge in [0.2, 0.25) is 11.1 Å². The van der Waals surface area contributed by atoms with Crippen LogP contribution in [0.4, 0.5) is 0 Å². The molecule has 2 rings (SSSR count). The number of hydrogen-bond donors (Lipinski definition) is 1. The minimum absolute atomic E-state index is 0.0125. The van der Waals surface area contributed by atoms with Gasteiger partial charge in [0.25, 0.3) is 0 Å². The SMILES string of the molecule is CCC(C)(C)NC(=O)C(C)Sc1nnnn1-c1ccc(C)c(C)c1. The summed E-state index contributed by atoms with van der Waals surface area (Å²) >= 11 is 1.36. The fraction of sp³-hybridized carbons (Fsp3) is 0.529. The monoisotopic (exact) mass is 347 g/mol. The molecule has 0 saturated heterocycles. The summed E-state index contributed by atoms with van der Waals surface area (Å²) in [5, 5.41) is 15.3. The molecule has 130 valence electrons. The van der Waals surface area contributed by atoms with Crippen LogP contribution in [-0.2, 0) is 4.79 Å². The quantitative estimate of drug-likeness (QED) is 0.813. The molecule has 0 aliphatic rings. The molecule has 6 nitrogen and oxygen atoms in total. The summed E-state index contributed by atoms with van der Waals surface area (Å²) in [6.45, 7) is 12.1. The lowest BCUT2D eigenvalue weighted by Gasteiger charge is -2.26. The van der Waals surface area contributed by atoms with Gasteiger partial charge < -0.3 is 5.32 Å². The van der Waals surface area contributed by atoms with Crippen molar-refractivity contribution < 1.29 is 4.79 Å². The van der Waals surface area contributed by atoms with E-state index in [0.29, 0.717) is 5.16 Å². The van der Waals surface area contributed by atoms with Gasteiger partial charge in [-0.25, -0.2) is 0 Å². The molecule has 0 fully saturated rings. The Kier molecular flexibility index (Phi) is 5.64. The number of hydrogen-bond acceptors (Lipinski definition) is 5. The Labute approximate surface area is 147 Å². The molecule has 1 amide bonds. The maximum absolute atomic E-state index is 12.4. The van der Waals surface area contributed by atoms with Crippen molar-refractivity contribution >= 4 is 17.7 Å². The van der Waals surface area contributed by atoms with Gasteiger partial charge in [0.1, 0.15) is 0 Å². The number of rotatable bonds is 6. The predicted octanol–water partition coefficient (Wildman–Crippen LogP) is 3.06. The zero-order valence-corrected chi connectivity index (χ0v) is 15.9. The molecule has 1 aromatic heterocycles. The molecule has 0 bridgehead atoms. The topological polar surface area (TPSA) is 72.7 Å². The number of nitrogens with zero attached hydrogens (tertiary/aromatic N) is 4. The summed E-state index contributed by atoms with van der Waals surface area (Å²) in [7, 11) is 0. The largest absolute Gasteiger partial charge is 0.350 e. The van der Waals surface area contributed by atoms with Gasteiger partial charge in [-0.3, -0.25) is 4.79 Å². The van der Waals surface area contributed by atoms with Gasteiger partial charge in [-0.2, -0.15) is 4.68 Å². The van der Waals surface area contributed by atoms with Crippen LogP contribution in [0.5, 0.6) is 0 Å². The van der Waals surface area contributed by atoms with Crippen LogP contribution in [0.15, 0.2) is 23.4 Å². The van der Waals surface area contributed by atoms with E-state index in [1.807, 2.05) is 39.0 Å². The van der Waals surface area contributed by atoms with Crippen LogP contribution < -0.4 is 5.32 Å². The highest BCUT2D eigenvalue weighted by atomic mass is 32.2. The van der Waals surface area contributed by atoms with Crippen molar-refractivity contribution in [3.8, 4) is 5.69 Å². The predicted molar refractivity (Wildman–Crippen MR) is 96.5 cm³/mol. The number of thioether (sulfide) groups is 1. The van der Waals surface area contributed by atoms with Crippen molar-refractivity contribution in [3.05, 3.63) is 29.3 Å². The van der Waals surface area contributed by atoms with Gasteiger partial charge in [0.05, 0.1) is 10.9 Å². The molecule has 0 spiro atoms. The third-order valence-corrected chi connectivity index (χ3v) is 5.21. The number of carbonyl (C=O) groups excluding carboxylic acids is 1. The number of aromatic nitrogens is 4. The van der Waals surface area contributed by atoms with Crippen molar-refractivity contribution in [1.29, 1.82) is 0 Å². The van der Waals surface area contributed by atoms with Gasteiger partial charge in [0.15, 0.2) is 0 Å². The molecule has 0 aliphatic carbocycles. The fourth-order valence-corrected chi connectivity index (χ4v) is 2.81. The molecule has 1 unspecified atom stereocenters. The first-order valence-electron chi connectivity index (χ1n) is 8.08. The van der Waals surface area contributed by atoms with Crippen LogP contribution in [0.3, 0.4) is 0 Å². The molecular weight excluding hydrogens is 322 g/mol. The van der Waals surface area contributed by atoms with Crippen LogP contribution in [0.1, 0.15) is 45.2 Å². The van der Waals surface area contributed by atoms with Crippen LogP contribution in [0, 0.1) is 13.8 Å². The summed E-state index contributed by atoms with van der Waals surface area (Å²) in [4.78, 5) is 12.4. The minimum atomic E-state index is -0.285. The zero-order valence-electron chi connectivity index (χ0n) is 15.1. The Bertz CT molecular complexity index is 726. The summed E-state index contributed by atoms with van der Waals surface area (Å²) in [6, 6.07) is 6.06. The lowest BCUT2D eigenvalue weighted by atomic mass is 10.0. The first kappa shape index (κ1) is 18.4. The summed E-state index contributed by atoms with van der Waals surface area (Å²) < 4.78 is 1.67. The van der Waals surface area contributed by atoms with Crippen molar-refractivity contribution in [3.63, 3.8) is 0 Å². The Balaban J connectivity index is 2.15. The van der Waals surface area contributed by atoms with E-state index in [9.17, 15) is 4.79 Å². The second-order valence-corrected chi connectivity index (χ2v) is 7.94. The maximum atomic E-state index is 12.4. The smallest absolute Gasteiger partial charge is 0.233 e. The van der Waals surface area contributed by atoms with Gasteiger partial charge in [-0.1, -0.05) is 24.8 Å². The first-order valence-corrected chi connectivity index (χ1v) is 8.96. The Morgan fingerprint density at radius 3 is 2.67 bits per heavy atom. The number of tetrazole rings is 1. The number of aryl methyl sites for hydroxylation is 2. The van der Waals surface area contributed by atoms with E-state index in [-0.39, 0.29) is 16.7 Å². The maximum Gasteiger partial charge on any atom is 0.233 e. The lowest BCUT2D eigenvalue weighted by molar-refractivity contribution is -0.121. The number of amides is 1. The second kappa shape index (κ2) is 7.34. The fourth-order valence-electron chi connectivity index (χ4n) is 2.01. The molecule has 0 aliphatic heterocycles. The van der Waals surface area contributed by atoms with E-state index < -0.39 is 0 Å². The number of nitrogens with one attached hydrogen (secondary N) is 1. The molecule has 0 radical (unpaired) electrons. The van der Waals surface area contributed by atoms with Gasteiger partial charge >= 0.3 is 0 Å². The molecule has 1 atom stereocenters. The lowest BCUT2D eigenvalue weighted by Crippen LogP contribution is -2.46. The van der Waals surface area contributed by atoms with E-state index in [4.69, 9.17) is 0 Å². The molecule has 0 saturated carbocycles. The van der Waals surface area contributed by atoms with E-state index in [2.05, 4.69) is 41.6 Å². The molecule has 1 aromatic carbocycles. The van der Waals surface area contributed by atoms with E-state index in [0.717, 1.165) is 12.1 Å². The average molecular weight is 347 g/mol. The van der Waals surface area contributed by atoms with Crippen molar-refractivity contribution in [1.82, 2.24) is 25.5 Å². The van der Waals surface area contributed by atoms with E-state index in [1.165, 1.54) is 22.9 Å². The van der Waals surface area contributed by atoms with E-state index >= 15 is 0 Å². The number of benzene rings is 1. The first-order chi connectivity index (χ1) is 11.2. The summed E-state index contributed by atoms with van der Waals surface area (Å²) in [6.07, 6.45) is 0.872. The minimum Gasteiger partial charge on any atom is -0.350 e. The van der Waals surface area contributed by atoms with Crippen molar-refractivity contribution in [2.45, 2.75) is 63.9 Å². The average Bonchev–Trinajstić information content (AvgIpc) is 2.97. The molecule has 2 aromatic rings. The Morgan fingerprint density at radius 1 is 1.33 bits per heavy atom. The highest BCUT2D eigenvalue weighted by Crippen LogP contribution is 2.24. The third-order valence-electron chi connectivity index (χ3n) is 4.17. The summed E-state index contributed by atoms with van der Waals surface area (Å²) in [5.74, 6) is -0.0125. The normalized spacial score (nSPS) is 12.9. The van der Waals surface area contributed by atoms with Crippen LogP contribution in [0.2, 0.25) is 0 Å². The van der Waals surface area contributed by atoms with Gasteiger partial charge in [0, 0.05) is 5.54 Å². The van der Waals surface area contributed by atoms with Crippen LogP contribution in [0.25, 0.3) is 5.69 Å². The van der Waals surface area contributed by atoms with Crippen molar-refractivity contribution in [2.24, 2.45) is 0 Å². The molecular formula is C17H25N5OS. The third kappa shape index (κ3) is 4.35. The molecule has 7 heteroatoms. The van der Waals surface area contributed by atoms with Gasteiger partial charge in [-0.05, 0) is 74.7 Å². The van der Waals surface area contributed by atoms with Gasteiger partial charge in [-0.15, -0.1) is 5.10 Å². The molecule has 1 heterocycles. The molecule has 1 N–H and O–H groups in total. The Hall–Kier alpha value is -1.89. The summed E-state index contributed by atoms with van der Waals surface area (Å²) in [5.41, 5.74) is 3.07. The highest BCUT2D eigenvalue weighted by molar-refractivity contribution is 8.00. The standard InChI is InChI=1S/C17H25N5OS/c1-7-17(5,6)18-15(23)13(4)24-16-19-20-21-22(16)14-9-8-11(2)12(3)10-14/h8-10,13H,7H2,1-6H3,(H,18,23). The molecule has 24 heavy (non-hydrogen) atoms. The van der Waals surface area contributed by atoms with Crippen LogP contribution >= 0.6 is 11.8 Å². The highest BCUT2D eigenvalue weighted by Gasteiger charge is 2.24. The van der Waals surface area contributed by atoms with Crippen LogP contribution in [-0.4, -0.2) is 36.9 Å². The Morgan fingerprint density at radius 2 is 2.04 bits per heavy atom. The number of carbonyl (C=O) groups is 1. The zero-order chi connectivity index (χ0) is 17.9. The van der Waals surface area contributed by atoms with E-state index in [1.54, 1.807) is 4.68 Å². The van der Waals surface area contributed by atoms with Crippen molar-refractivity contribution in [2.75, 3.05) is 0 Å².